The zero-order valence-corrected chi connectivity index (χ0v) is 13.3. The topological polar surface area (TPSA) is 62.2 Å². The third-order valence-corrected chi connectivity index (χ3v) is 3.86. The van der Waals surface area contributed by atoms with Crippen molar-refractivity contribution in [3.63, 3.8) is 0 Å². The average Bonchev–Trinajstić information content (AvgIpc) is 2.44. The van der Waals surface area contributed by atoms with Crippen molar-refractivity contribution in [1.82, 2.24) is 10.3 Å². The van der Waals surface area contributed by atoms with Crippen LogP contribution in [0.25, 0.3) is 0 Å². The minimum atomic E-state index is -0.0904. The number of nitrogens with zero attached hydrogens (tertiary/aromatic N) is 1. The van der Waals surface area contributed by atoms with Crippen molar-refractivity contribution in [2.24, 2.45) is 5.41 Å². The summed E-state index contributed by atoms with van der Waals surface area (Å²) < 4.78 is 0. The maximum atomic E-state index is 11.9. The highest BCUT2D eigenvalue weighted by Gasteiger charge is 2.15. The molecule has 2 N–H and O–H groups in total. The Kier molecular flexibility index (Phi) is 7.02. The van der Waals surface area contributed by atoms with E-state index < -0.39 is 0 Å². The van der Waals surface area contributed by atoms with Gasteiger partial charge in [0.25, 0.3) is 5.91 Å². The van der Waals surface area contributed by atoms with Crippen molar-refractivity contribution in [2.75, 3.05) is 18.9 Å². The van der Waals surface area contributed by atoms with E-state index in [0.29, 0.717) is 12.1 Å². The number of carbonyl (C=O) groups excluding carboxylic acids is 1. The van der Waals surface area contributed by atoms with Crippen LogP contribution in [0.1, 0.15) is 44.0 Å². The normalized spacial score (nSPS) is 11.4. The Bertz CT molecular complexity index is 418. The molecule has 0 aliphatic rings. The van der Waals surface area contributed by atoms with Gasteiger partial charge in [0.2, 0.25) is 0 Å². The quantitative estimate of drug-likeness (QED) is 0.572. The highest BCUT2D eigenvalue weighted by Crippen LogP contribution is 2.20. The third kappa shape index (κ3) is 5.92. The van der Waals surface area contributed by atoms with Crippen molar-refractivity contribution in [3.05, 3.63) is 23.9 Å². The molecule has 0 bridgehead atoms. The predicted octanol–water partition coefficient (Wildman–Crippen LogP) is 2.72. The number of aromatic nitrogens is 1. The zero-order valence-electron chi connectivity index (χ0n) is 12.5. The standard InChI is InChI=1S/C15H24N2O2S/c1-4-20-13-7-6-12(10-17-13)14(19)16-9-5-8-15(2,3)11-18/h6-7,10,18H,4-5,8-9,11H2,1-3H3,(H,16,19). The van der Waals surface area contributed by atoms with Crippen molar-refractivity contribution >= 4 is 17.7 Å². The number of hydrogen-bond acceptors (Lipinski definition) is 4. The molecule has 0 spiro atoms. The summed E-state index contributed by atoms with van der Waals surface area (Å²) in [6, 6.07) is 3.68. The molecular weight excluding hydrogens is 272 g/mol. The fraction of sp³-hybridized carbons (Fsp3) is 0.600. The maximum absolute atomic E-state index is 11.9. The first-order valence-electron chi connectivity index (χ1n) is 6.96. The highest BCUT2D eigenvalue weighted by molar-refractivity contribution is 7.99. The van der Waals surface area contributed by atoms with Gasteiger partial charge in [0, 0.05) is 19.3 Å². The number of aliphatic hydroxyl groups excluding tert-OH is 1. The predicted molar refractivity (Wildman–Crippen MR) is 83.1 cm³/mol. The van der Waals surface area contributed by atoms with Crippen LogP contribution in [-0.4, -0.2) is 34.9 Å². The molecule has 1 aromatic heterocycles. The molecule has 0 saturated heterocycles. The number of carbonyl (C=O) groups is 1. The van der Waals surface area contributed by atoms with Crippen LogP contribution in [0.3, 0.4) is 0 Å². The van der Waals surface area contributed by atoms with E-state index in [1.807, 2.05) is 19.9 Å². The molecule has 0 radical (unpaired) electrons. The second-order valence-electron chi connectivity index (χ2n) is 5.50. The van der Waals surface area contributed by atoms with Crippen LogP contribution in [0.15, 0.2) is 23.4 Å². The minimum Gasteiger partial charge on any atom is -0.396 e. The Labute approximate surface area is 125 Å². The summed E-state index contributed by atoms with van der Waals surface area (Å²) in [5, 5.41) is 13.0. The summed E-state index contributed by atoms with van der Waals surface area (Å²) >= 11 is 1.66. The summed E-state index contributed by atoms with van der Waals surface area (Å²) in [4.78, 5) is 16.1. The molecule has 4 nitrogen and oxygen atoms in total. The van der Waals surface area contributed by atoms with E-state index in [1.165, 1.54) is 0 Å². The van der Waals surface area contributed by atoms with Gasteiger partial charge in [-0.2, -0.15) is 0 Å². The van der Waals surface area contributed by atoms with Gasteiger partial charge in [-0.3, -0.25) is 4.79 Å². The van der Waals surface area contributed by atoms with Crippen LogP contribution in [0.2, 0.25) is 0 Å². The number of rotatable bonds is 8. The fourth-order valence-electron chi connectivity index (χ4n) is 1.70. The summed E-state index contributed by atoms with van der Waals surface area (Å²) in [6.45, 7) is 6.89. The Morgan fingerprint density at radius 3 is 2.75 bits per heavy atom. The van der Waals surface area contributed by atoms with Gasteiger partial charge in [-0.1, -0.05) is 20.8 Å². The second-order valence-corrected chi connectivity index (χ2v) is 6.78. The van der Waals surface area contributed by atoms with Gasteiger partial charge in [-0.25, -0.2) is 4.98 Å². The monoisotopic (exact) mass is 296 g/mol. The summed E-state index contributed by atoms with van der Waals surface area (Å²) in [5.74, 6) is 0.881. The Balaban J connectivity index is 2.35. The molecule has 1 heterocycles. The van der Waals surface area contributed by atoms with Gasteiger partial charge in [0.05, 0.1) is 10.6 Å². The SMILES string of the molecule is CCSc1ccc(C(=O)NCCCC(C)(C)CO)cn1. The lowest BCUT2D eigenvalue weighted by Crippen LogP contribution is -2.26. The van der Waals surface area contributed by atoms with Gasteiger partial charge < -0.3 is 10.4 Å². The molecule has 112 valence electrons. The first-order valence-corrected chi connectivity index (χ1v) is 7.95. The second kappa shape index (κ2) is 8.27. The first-order chi connectivity index (χ1) is 9.48. The van der Waals surface area contributed by atoms with Gasteiger partial charge in [-0.05, 0) is 36.1 Å². The minimum absolute atomic E-state index is 0.0781. The molecule has 0 atom stereocenters. The van der Waals surface area contributed by atoms with Crippen molar-refractivity contribution < 1.29 is 9.90 Å². The van der Waals surface area contributed by atoms with Gasteiger partial charge in [-0.15, -0.1) is 11.8 Å². The van der Waals surface area contributed by atoms with Crippen LogP contribution >= 0.6 is 11.8 Å². The van der Waals surface area contributed by atoms with Gasteiger partial charge in [0.15, 0.2) is 0 Å². The van der Waals surface area contributed by atoms with Crippen LogP contribution in [0.4, 0.5) is 0 Å². The van der Waals surface area contributed by atoms with E-state index in [1.54, 1.807) is 24.0 Å². The lowest BCUT2D eigenvalue weighted by atomic mass is 9.89. The number of thioether (sulfide) groups is 1. The van der Waals surface area contributed by atoms with Crippen molar-refractivity contribution in [1.29, 1.82) is 0 Å². The molecule has 0 aromatic carbocycles. The highest BCUT2D eigenvalue weighted by atomic mass is 32.2. The number of amides is 1. The van der Waals surface area contributed by atoms with E-state index in [4.69, 9.17) is 5.11 Å². The molecule has 0 fully saturated rings. The Morgan fingerprint density at radius 1 is 1.45 bits per heavy atom. The molecule has 0 saturated carbocycles. The molecule has 0 aliphatic carbocycles. The van der Waals surface area contributed by atoms with Crippen molar-refractivity contribution in [3.8, 4) is 0 Å². The summed E-state index contributed by atoms with van der Waals surface area (Å²) in [7, 11) is 0. The number of aliphatic hydroxyl groups is 1. The molecule has 1 rings (SSSR count). The molecule has 1 aromatic rings. The number of hydrogen-bond donors (Lipinski definition) is 2. The largest absolute Gasteiger partial charge is 0.396 e. The number of pyridine rings is 1. The summed E-state index contributed by atoms with van der Waals surface area (Å²) in [6.07, 6.45) is 3.36. The molecule has 1 amide bonds. The van der Waals surface area contributed by atoms with Gasteiger partial charge >= 0.3 is 0 Å². The van der Waals surface area contributed by atoms with Gasteiger partial charge in [0.1, 0.15) is 0 Å². The molecular formula is C15H24N2O2S. The van der Waals surface area contributed by atoms with Crippen LogP contribution < -0.4 is 5.32 Å². The van der Waals surface area contributed by atoms with Crippen LogP contribution in [-0.2, 0) is 0 Å². The molecule has 5 heteroatoms. The third-order valence-electron chi connectivity index (χ3n) is 3.03. The molecule has 0 unspecified atom stereocenters. The van der Waals surface area contributed by atoms with E-state index in [2.05, 4.69) is 17.2 Å². The van der Waals surface area contributed by atoms with E-state index in [0.717, 1.165) is 23.6 Å². The maximum Gasteiger partial charge on any atom is 0.252 e. The van der Waals surface area contributed by atoms with E-state index in [9.17, 15) is 4.79 Å². The lowest BCUT2D eigenvalue weighted by Gasteiger charge is -2.21. The number of nitrogens with one attached hydrogen (secondary N) is 1. The van der Waals surface area contributed by atoms with Crippen LogP contribution in [0.5, 0.6) is 0 Å². The Hall–Kier alpha value is -1.07. The van der Waals surface area contributed by atoms with E-state index in [-0.39, 0.29) is 17.9 Å². The molecule has 0 aliphatic heterocycles. The Morgan fingerprint density at radius 2 is 2.20 bits per heavy atom. The van der Waals surface area contributed by atoms with Crippen molar-refractivity contribution in [2.45, 2.75) is 38.6 Å². The summed E-state index contributed by atoms with van der Waals surface area (Å²) in [5.41, 5.74) is 0.512. The van der Waals surface area contributed by atoms with E-state index >= 15 is 0 Å². The first kappa shape index (κ1) is 17.0. The smallest absolute Gasteiger partial charge is 0.252 e. The van der Waals surface area contributed by atoms with Crippen LogP contribution in [0, 0.1) is 5.41 Å². The average molecular weight is 296 g/mol. The lowest BCUT2D eigenvalue weighted by molar-refractivity contribution is 0.0948. The zero-order chi connectivity index (χ0) is 15.0. The fourth-order valence-corrected chi connectivity index (χ4v) is 2.29. The molecule has 20 heavy (non-hydrogen) atoms.